The van der Waals surface area contributed by atoms with Crippen molar-refractivity contribution in [2.24, 2.45) is 0 Å². The molecular weight excluding hydrogens is 290 g/mol. The molecule has 2 heterocycles. The zero-order chi connectivity index (χ0) is 14.7. The lowest BCUT2D eigenvalue weighted by atomic mass is 10.3. The molecule has 0 bridgehead atoms. The first kappa shape index (κ1) is 14.1. The molecule has 110 valence electrons. The van der Waals surface area contributed by atoms with Crippen LogP contribution in [0.3, 0.4) is 0 Å². The van der Waals surface area contributed by atoms with Crippen molar-refractivity contribution in [3.63, 3.8) is 0 Å². The van der Waals surface area contributed by atoms with Gasteiger partial charge in [-0.2, -0.15) is 0 Å². The van der Waals surface area contributed by atoms with E-state index in [2.05, 4.69) is 15.4 Å². The minimum absolute atomic E-state index is 0.284. The standard InChI is InChI=1S/C15H16ClN3O2/c16-11-3-5-12(6-4-11)17-15(20)14-9-13(21-18-14)10-19-7-1-2-8-19/h3-6,9H,1-2,7-8,10H2,(H,17,20). The van der Waals surface area contributed by atoms with E-state index in [1.165, 1.54) is 12.8 Å². The second-order valence-electron chi connectivity index (χ2n) is 5.12. The summed E-state index contributed by atoms with van der Waals surface area (Å²) in [5.41, 5.74) is 0.965. The van der Waals surface area contributed by atoms with Crippen LogP contribution >= 0.6 is 11.6 Å². The van der Waals surface area contributed by atoms with Gasteiger partial charge in [0.25, 0.3) is 5.91 Å². The average molecular weight is 306 g/mol. The number of anilines is 1. The number of nitrogens with zero attached hydrogens (tertiary/aromatic N) is 2. The molecule has 1 N–H and O–H groups in total. The fourth-order valence-electron chi connectivity index (χ4n) is 2.38. The molecule has 21 heavy (non-hydrogen) atoms. The lowest BCUT2D eigenvalue weighted by Gasteiger charge is -2.10. The largest absolute Gasteiger partial charge is 0.359 e. The number of likely N-dealkylation sites (tertiary alicyclic amines) is 1. The molecule has 2 aromatic rings. The first-order chi connectivity index (χ1) is 10.2. The van der Waals surface area contributed by atoms with Gasteiger partial charge in [-0.15, -0.1) is 0 Å². The van der Waals surface area contributed by atoms with Crippen LogP contribution in [0, 0.1) is 0 Å². The minimum Gasteiger partial charge on any atom is -0.359 e. The van der Waals surface area contributed by atoms with Crippen molar-refractivity contribution in [1.82, 2.24) is 10.1 Å². The Bertz CT molecular complexity index is 618. The SMILES string of the molecule is O=C(Nc1ccc(Cl)cc1)c1cc(CN2CCCC2)on1. The van der Waals surface area contributed by atoms with Gasteiger partial charge in [-0.1, -0.05) is 16.8 Å². The number of nitrogens with one attached hydrogen (secondary N) is 1. The molecule has 1 saturated heterocycles. The first-order valence-electron chi connectivity index (χ1n) is 6.95. The van der Waals surface area contributed by atoms with E-state index in [9.17, 15) is 4.79 Å². The van der Waals surface area contributed by atoms with Gasteiger partial charge >= 0.3 is 0 Å². The van der Waals surface area contributed by atoms with Gasteiger partial charge in [-0.25, -0.2) is 0 Å². The van der Waals surface area contributed by atoms with Crippen LogP contribution in [-0.2, 0) is 6.54 Å². The van der Waals surface area contributed by atoms with Gasteiger partial charge < -0.3 is 9.84 Å². The normalized spacial score (nSPS) is 15.3. The highest BCUT2D eigenvalue weighted by molar-refractivity contribution is 6.30. The predicted molar refractivity (Wildman–Crippen MR) is 80.4 cm³/mol. The van der Waals surface area contributed by atoms with E-state index in [0.717, 1.165) is 18.8 Å². The van der Waals surface area contributed by atoms with E-state index in [-0.39, 0.29) is 5.91 Å². The number of carbonyl (C=O) groups excluding carboxylic acids is 1. The number of halogens is 1. The number of carbonyl (C=O) groups is 1. The fourth-order valence-corrected chi connectivity index (χ4v) is 2.51. The van der Waals surface area contributed by atoms with Crippen molar-refractivity contribution < 1.29 is 9.32 Å². The van der Waals surface area contributed by atoms with Crippen molar-refractivity contribution in [1.29, 1.82) is 0 Å². The zero-order valence-corrected chi connectivity index (χ0v) is 12.3. The summed E-state index contributed by atoms with van der Waals surface area (Å²) in [6.45, 7) is 2.86. The summed E-state index contributed by atoms with van der Waals surface area (Å²) in [5, 5.41) is 7.22. The third kappa shape index (κ3) is 3.62. The maximum atomic E-state index is 12.1. The van der Waals surface area contributed by atoms with Crippen LogP contribution in [0.4, 0.5) is 5.69 Å². The third-order valence-corrected chi connectivity index (χ3v) is 3.72. The minimum atomic E-state index is -0.284. The third-order valence-electron chi connectivity index (χ3n) is 3.47. The Balaban J connectivity index is 1.62. The van der Waals surface area contributed by atoms with Crippen LogP contribution in [0.25, 0.3) is 0 Å². The summed E-state index contributed by atoms with van der Waals surface area (Å²) < 4.78 is 5.23. The fraction of sp³-hybridized carbons (Fsp3) is 0.333. The summed E-state index contributed by atoms with van der Waals surface area (Å²) in [6, 6.07) is 8.62. The molecule has 0 aliphatic carbocycles. The van der Waals surface area contributed by atoms with Gasteiger partial charge in [0.1, 0.15) is 0 Å². The van der Waals surface area contributed by atoms with Crippen LogP contribution in [0.1, 0.15) is 29.1 Å². The van der Waals surface area contributed by atoms with Crippen molar-refractivity contribution in [2.45, 2.75) is 19.4 Å². The molecule has 1 aliphatic rings. The van der Waals surface area contributed by atoms with E-state index in [1.54, 1.807) is 30.3 Å². The second kappa shape index (κ2) is 6.28. The van der Waals surface area contributed by atoms with Crippen LogP contribution in [0.5, 0.6) is 0 Å². The molecule has 6 heteroatoms. The Morgan fingerprint density at radius 3 is 2.71 bits per heavy atom. The molecule has 5 nitrogen and oxygen atoms in total. The number of hydrogen-bond acceptors (Lipinski definition) is 4. The van der Waals surface area contributed by atoms with E-state index >= 15 is 0 Å². The van der Waals surface area contributed by atoms with Crippen molar-refractivity contribution in [3.05, 3.63) is 46.8 Å². The van der Waals surface area contributed by atoms with E-state index in [4.69, 9.17) is 16.1 Å². The zero-order valence-electron chi connectivity index (χ0n) is 11.5. The monoisotopic (exact) mass is 305 g/mol. The van der Waals surface area contributed by atoms with Crippen LogP contribution in [-0.4, -0.2) is 29.1 Å². The van der Waals surface area contributed by atoms with Crippen molar-refractivity contribution >= 4 is 23.2 Å². The maximum absolute atomic E-state index is 12.1. The molecule has 0 saturated carbocycles. The summed E-state index contributed by atoms with van der Waals surface area (Å²) in [7, 11) is 0. The van der Waals surface area contributed by atoms with Gasteiger partial charge in [0.05, 0.1) is 6.54 Å². The molecule has 1 aromatic heterocycles. The van der Waals surface area contributed by atoms with Gasteiger partial charge in [0, 0.05) is 16.8 Å². The Kier molecular flexibility index (Phi) is 4.22. The second-order valence-corrected chi connectivity index (χ2v) is 5.56. The van der Waals surface area contributed by atoms with Gasteiger partial charge in [0.2, 0.25) is 0 Å². The van der Waals surface area contributed by atoms with Gasteiger partial charge in [0.15, 0.2) is 11.5 Å². The smallest absolute Gasteiger partial charge is 0.277 e. The number of benzene rings is 1. The Hall–Kier alpha value is -1.85. The lowest BCUT2D eigenvalue weighted by Crippen LogP contribution is -2.18. The number of hydrogen-bond donors (Lipinski definition) is 1. The molecule has 1 aromatic carbocycles. The number of aromatic nitrogens is 1. The molecule has 0 radical (unpaired) electrons. The van der Waals surface area contributed by atoms with Crippen molar-refractivity contribution in [2.75, 3.05) is 18.4 Å². The van der Waals surface area contributed by atoms with Crippen molar-refractivity contribution in [3.8, 4) is 0 Å². The quantitative estimate of drug-likeness (QED) is 0.942. The Labute approximate surface area is 127 Å². The van der Waals surface area contributed by atoms with E-state index in [0.29, 0.717) is 22.9 Å². The van der Waals surface area contributed by atoms with Crippen LogP contribution in [0.2, 0.25) is 5.02 Å². The van der Waals surface area contributed by atoms with Crippen LogP contribution in [0.15, 0.2) is 34.9 Å². The summed E-state index contributed by atoms with van der Waals surface area (Å²) >= 11 is 5.80. The highest BCUT2D eigenvalue weighted by atomic mass is 35.5. The number of rotatable bonds is 4. The molecule has 1 aliphatic heterocycles. The molecule has 1 amide bonds. The molecule has 0 atom stereocenters. The van der Waals surface area contributed by atoms with E-state index in [1.807, 2.05) is 0 Å². The van der Waals surface area contributed by atoms with Gasteiger partial charge in [-0.3, -0.25) is 9.69 Å². The Morgan fingerprint density at radius 1 is 1.29 bits per heavy atom. The van der Waals surface area contributed by atoms with Gasteiger partial charge in [-0.05, 0) is 50.2 Å². The maximum Gasteiger partial charge on any atom is 0.277 e. The van der Waals surface area contributed by atoms with Crippen LogP contribution < -0.4 is 5.32 Å². The summed E-state index contributed by atoms with van der Waals surface area (Å²) in [5.74, 6) is 0.437. The molecular formula is C15H16ClN3O2. The lowest BCUT2D eigenvalue weighted by molar-refractivity contribution is 0.101. The Morgan fingerprint density at radius 2 is 2.00 bits per heavy atom. The highest BCUT2D eigenvalue weighted by Gasteiger charge is 2.17. The molecule has 0 spiro atoms. The highest BCUT2D eigenvalue weighted by Crippen LogP contribution is 2.16. The average Bonchev–Trinajstić information content (AvgIpc) is 3.13. The summed E-state index contributed by atoms with van der Waals surface area (Å²) in [4.78, 5) is 14.4. The predicted octanol–water partition coefficient (Wildman–Crippen LogP) is 3.18. The molecule has 1 fully saturated rings. The topological polar surface area (TPSA) is 58.4 Å². The first-order valence-corrected chi connectivity index (χ1v) is 7.33. The number of amides is 1. The molecule has 3 rings (SSSR count). The summed E-state index contributed by atoms with van der Waals surface area (Å²) in [6.07, 6.45) is 2.44. The van der Waals surface area contributed by atoms with E-state index < -0.39 is 0 Å². The molecule has 0 unspecified atom stereocenters.